The fourth-order valence-corrected chi connectivity index (χ4v) is 4.53. The summed E-state index contributed by atoms with van der Waals surface area (Å²) < 4.78 is 5.77. The van der Waals surface area contributed by atoms with E-state index in [4.69, 9.17) is 16.3 Å². The largest absolute Gasteiger partial charge is 0.496 e. The first-order valence-electron chi connectivity index (χ1n) is 11.9. The zero-order chi connectivity index (χ0) is 25.8. The highest BCUT2D eigenvalue weighted by Gasteiger charge is 2.26. The SMILES string of the molecule is COc1cc(Nc2ncc(Cl)c(Nc3cc(C)[nH]n3)n2)c(C)cc1C1CCN(C(=O)CN(C)C)CC1. The highest BCUT2D eigenvalue weighted by molar-refractivity contribution is 6.32. The molecule has 10 nitrogen and oxygen atoms in total. The van der Waals surface area contributed by atoms with Crippen LogP contribution in [0.25, 0.3) is 0 Å². The van der Waals surface area contributed by atoms with E-state index in [0.29, 0.717) is 35.1 Å². The van der Waals surface area contributed by atoms with Gasteiger partial charge < -0.3 is 25.2 Å². The quantitative estimate of drug-likeness (QED) is 0.411. The van der Waals surface area contributed by atoms with E-state index in [-0.39, 0.29) is 5.91 Å². The number of aromatic amines is 1. The molecule has 0 aliphatic carbocycles. The highest BCUT2D eigenvalue weighted by Crippen LogP contribution is 2.38. The molecule has 3 aromatic rings. The van der Waals surface area contributed by atoms with Gasteiger partial charge in [-0.15, -0.1) is 0 Å². The molecule has 1 aliphatic rings. The minimum atomic E-state index is 0.181. The molecule has 0 unspecified atom stereocenters. The van der Waals surface area contributed by atoms with Crippen LogP contribution in [0.5, 0.6) is 5.75 Å². The Morgan fingerprint density at radius 1 is 1.22 bits per heavy atom. The Bertz CT molecular complexity index is 1220. The van der Waals surface area contributed by atoms with Gasteiger partial charge in [-0.25, -0.2) is 4.98 Å². The molecule has 36 heavy (non-hydrogen) atoms. The van der Waals surface area contributed by atoms with Crippen molar-refractivity contribution < 1.29 is 9.53 Å². The van der Waals surface area contributed by atoms with Crippen molar-refractivity contribution >= 4 is 40.8 Å². The Morgan fingerprint density at radius 3 is 2.61 bits per heavy atom. The van der Waals surface area contributed by atoms with Crippen LogP contribution in [0.15, 0.2) is 24.4 Å². The lowest BCUT2D eigenvalue weighted by molar-refractivity contribution is -0.132. The molecule has 1 aliphatic heterocycles. The number of halogens is 1. The number of piperidine rings is 1. The summed E-state index contributed by atoms with van der Waals surface area (Å²) in [5.74, 6) is 2.80. The summed E-state index contributed by atoms with van der Waals surface area (Å²) in [6, 6.07) is 6.00. The van der Waals surface area contributed by atoms with Crippen molar-refractivity contribution in [2.24, 2.45) is 0 Å². The van der Waals surface area contributed by atoms with E-state index in [2.05, 4.69) is 36.9 Å². The number of likely N-dealkylation sites (tertiary alicyclic amines) is 1. The maximum Gasteiger partial charge on any atom is 0.236 e. The molecule has 1 saturated heterocycles. The molecule has 11 heteroatoms. The maximum absolute atomic E-state index is 12.4. The maximum atomic E-state index is 12.4. The van der Waals surface area contributed by atoms with Crippen molar-refractivity contribution in [1.82, 2.24) is 30.0 Å². The van der Waals surface area contributed by atoms with Crippen LogP contribution < -0.4 is 15.4 Å². The number of hydrogen-bond acceptors (Lipinski definition) is 8. The lowest BCUT2D eigenvalue weighted by Crippen LogP contribution is -2.42. The minimum Gasteiger partial charge on any atom is -0.496 e. The third-order valence-electron chi connectivity index (χ3n) is 6.26. The first kappa shape index (κ1) is 25.7. The summed E-state index contributed by atoms with van der Waals surface area (Å²) in [6.45, 7) is 5.91. The molecule has 3 heterocycles. The summed E-state index contributed by atoms with van der Waals surface area (Å²) in [6.07, 6.45) is 3.36. The first-order chi connectivity index (χ1) is 17.2. The lowest BCUT2D eigenvalue weighted by atomic mass is 9.87. The smallest absolute Gasteiger partial charge is 0.236 e. The number of likely N-dealkylation sites (N-methyl/N-ethyl adjacent to an activating group) is 1. The standard InChI is InChI=1S/C25H33ClN8O2/c1-15-10-18(17-6-8-34(9-7-17)23(35)14-33(3)4)21(36-5)12-20(15)28-25-27-13-19(26)24(30-25)29-22-11-16(2)31-32-22/h10-13,17H,6-9,14H2,1-5H3,(H3,27,28,29,30,31,32). The molecule has 192 valence electrons. The third kappa shape index (κ3) is 6.06. The number of hydrogen-bond donors (Lipinski definition) is 3. The van der Waals surface area contributed by atoms with E-state index in [1.54, 1.807) is 13.3 Å². The van der Waals surface area contributed by atoms with Gasteiger partial charge in [0.15, 0.2) is 11.6 Å². The second kappa shape index (κ2) is 11.1. The van der Waals surface area contributed by atoms with Gasteiger partial charge in [-0.1, -0.05) is 17.7 Å². The monoisotopic (exact) mass is 512 g/mol. The number of carbonyl (C=O) groups is 1. The van der Waals surface area contributed by atoms with Gasteiger partial charge in [-0.05, 0) is 57.8 Å². The Kier molecular flexibility index (Phi) is 7.95. The third-order valence-corrected chi connectivity index (χ3v) is 6.54. The number of ether oxygens (including phenoxy) is 1. The van der Waals surface area contributed by atoms with E-state index in [1.807, 2.05) is 49.9 Å². The number of carbonyl (C=O) groups excluding carboxylic acids is 1. The number of aromatic nitrogens is 4. The molecule has 1 fully saturated rings. The number of anilines is 4. The van der Waals surface area contributed by atoms with E-state index in [1.165, 1.54) is 0 Å². The van der Waals surface area contributed by atoms with Crippen molar-refractivity contribution in [1.29, 1.82) is 0 Å². The van der Waals surface area contributed by atoms with Crippen molar-refractivity contribution in [3.63, 3.8) is 0 Å². The molecule has 0 atom stereocenters. The normalized spacial score (nSPS) is 14.2. The zero-order valence-corrected chi connectivity index (χ0v) is 22.1. The van der Waals surface area contributed by atoms with Crippen LogP contribution in [-0.4, -0.2) is 76.7 Å². The van der Waals surface area contributed by atoms with Crippen LogP contribution in [0.1, 0.15) is 35.6 Å². The van der Waals surface area contributed by atoms with Gasteiger partial charge in [0, 0.05) is 36.6 Å². The average Bonchev–Trinajstić information content (AvgIpc) is 3.26. The number of aryl methyl sites for hydroxylation is 2. The van der Waals surface area contributed by atoms with E-state index in [0.717, 1.165) is 54.2 Å². The van der Waals surface area contributed by atoms with Gasteiger partial charge in [-0.2, -0.15) is 10.1 Å². The van der Waals surface area contributed by atoms with Gasteiger partial charge >= 0.3 is 0 Å². The summed E-state index contributed by atoms with van der Waals surface area (Å²) in [4.78, 5) is 25.1. The van der Waals surface area contributed by atoms with Gasteiger partial charge in [0.1, 0.15) is 10.8 Å². The van der Waals surface area contributed by atoms with Crippen LogP contribution in [0.2, 0.25) is 5.02 Å². The van der Waals surface area contributed by atoms with Crippen LogP contribution in [0.4, 0.5) is 23.3 Å². The number of methoxy groups -OCH3 is 1. The summed E-state index contributed by atoms with van der Waals surface area (Å²) in [5, 5.41) is 13.8. The number of benzene rings is 1. The number of nitrogens with zero attached hydrogens (tertiary/aromatic N) is 5. The minimum absolute atomic E-state index is 0.181. The summed E-state index contributed by atoms with van der Waals surface area (Å²) in [5.41, 5.74) is 3.98. The summed E-state index contributed by atoms with van der Waals surface area (Å²) >= 11 is 6.30. The molecular formula is C25H33ClN8O2. The zero-order valence-electron chi connectivity index (χ0n) is 21.4. The first-order valence-corrected chi connectivity index (χ1v) is 12.3. The van der Waals surface area contributed by atoms with Gasteiger partial charge in [0.2, 0.25) is 11.9 Å². The number of amides is 1. The van der Waals surface area contributed by atoms with Crippen molar-refractivity contribution in [3.8, 4) is 5.75 Å². The van der Waals surface area contributed by atoms with E-state index < -0.39 is 0 Å². The van der Waals surface area contributed by atoms with Gasteiger partial charge in [0.25, 0.3) is 0 Å². The molecule has 3 N–H and O–H groups in total. The average molecular weight is 513 g/mol. The Balaban J connectivity index is 1.48. The molecule has 0 bridgehead atoms. The van der Waals surface area contributed by atoms with E-state index >= 15 is 0 Å². The second-order valence-corrected chi connectivity index (χ2v) is 9.79. The molecule has 0 radical (unpaired) electrons. The van der Waals surface area contributed by atoms with Crippen LogP contribution in [-0.2, 0) is 4.79 Å². The molecule has 0 spiro atoms. The lowest BCUT2D eigenvalue weighted by Gasteiger charge is -2.33. The number of rotatable bonds is 8. The number of nitrogens with one attached hydrogen (secondary N) is 3. The van der Waals surface area contributed by atoms with E-state index in [9.17, 15) is 4.79 Å². The Hall–Kier alpha value is -3.37. The molecule has 1 amide bonds. The van der Waals surface area contributed by atoms with Crippen molar-refractivity contribution in [3.05, 3.63) is 46.2 Å². The predicted molar refractivity (Wildman–Crippen MR) is 142 cm³/mol. The molecule has 2 aromatic heterocycles. The van der Waals surface area contributed by atoms with Gasteiger partial charge in [0.05, 0.1) is 19.9 Å². The van der Waals surface area contributed by atoms with Crippen molar-refractivity contribution in [2.75, 3.05) is 51.5 Å². The topological polar surface area (TPSA) is 111 Å². The highest BCUT2D eigenvalue weighted by atomic mass is 35.5. The second-order valence-electron chi connectivity index (χ2n) is 9.38. The summed E-state index contributed by atoms with van der Waals surface area (Å²) in [7, 11) is 5.51. The van der Waals surface area contributed by atoms with Crippen LogP contribution >= 0.6 is 11.6 Å². The molecule has 1 aromatic carbocycles. The molecular weight excluding hydrogens is 480 g/mol. The van der Waals surface area contributed by atoms with Gasteiger partial charge in [-0.3, -0.25) is 9.89 Å². The fourth-order valence-electron chi connectivity index (χ4n) is 4.39. The van der Waals surface area contributed by atoms with Crippen LogP contribution in [0, 0.1) is 13.8 Å². The Morgan fingerprint density at radius 2 is 1.97 bits per heavy atom. The molecule has 0 saturated carbocycles. The van der Waals surface area contributed by atoms with Crippen molar-refractivity contribution in [2.45, 2.75) is 32.6 Å². The van der Waals surface area contributed by atoms with Crippen LogP contribution in [0.3, 0.4) is 0 Å². The Labute approximate surface area is 216 Å². The number of H-pyrrole nitrogens is 1. The fraction of sp³-hybridized carbons (Fsp3) is 0.440. The predicted octanol–water partition coefficient (Wildman–Crippen LogP) is 4.23. The molecule has 4 rings (SSSR count).